The Morgan fingerprint density at radius 1 is 0.246 bits per heavy atom. The van der Waals surface area contributed by atoms with Gasteiger partial charge in [-0.1, -0.05) is 389 Å². The van der Waals surface area contributed by atoms with Crippen LogP contribution in [0.4, 0.5) is 51.2 Å². The molecule has 4 nitrogen and oxygen atoms in total. The van der Waals surface area contributed by atoms with Crippen molar-refractivity contribution < 1.29 is 41.4 Å². The molecular formula is C126H93N3O. The second kappa shape index (κ2) is 35.9. The molecule has 0 amide bonds. The molecule has 24 rings (SSSR count). The van der Waals surface area contributed by atoms with Crippen molar-refractivity contribution in [2.45, 2.75) is 31.5 Å². The SMILES string of the molecule is [2H]C1=C([2H])C2C([2H])C([2H])C([2H])C([2H])C2c2c([2H])c([2H])c(N(c3c([2H])c([2H])c(-c4c([2H])c([2H])c([2H])c([2H])c4[2H])c([2H])c3[2H])c3c([2H])c([2H])c(-c4c([2H])c([2H])c([2H])c([2H])c4[2H])c([2H])c3[2H])c([2H])c21.c1ccc(-c2ccc(N(c3ccc(-c4ccccc4)cc3)c3ccc4c(-c5ccccc5)cc5ccccc5c4c3)cc2)cc1.c1ccc(-c2ccc(N(c3ccc4oc5ccccc5c4c3)c3cc4ccccc4c4cc(-c5ccccc5)ccc34)cc2)cc1. The van der Waals surface area contributed by atoms with Gasteiger partial charge in [0.15, 0.2) is 0 Å². The molecule has 618 valence electrons. The number of fused-ring (bicyclic) bond motifs is 12. The quantitative estimate of drug-likeness (QED) is 0.0900. The van der Waals surface area contributed by atoms with E-state index in [0.717, 1.165) is 56.1 Å². The molecule has 0 N–H and O–H groups in total. The van der Waals surface area contributed by atoms with Crippen LogP contribution in [0, 0.1) is 5.92 Å². The molecule has 6 unspecified atom stereocenters. The fourth-order valence-electron chi connectivity index (χ4n) is 17.4. The summed E-state index contributed by atoms with van der Waals surface area (Å²) in [5.74, 6) is -2.89. The van der Waals surface area contributed by atoms with Crippen LogP contribution in [0.15, 0.2) is 501 Å². The Morgan fingerprint density at radius 3 is 1.19 bits per heavy atom. The molecule has 6 atom stereocenters. The minimum absolute atomic E-state index is 0.393. The molecule has 1 aromatic heterocycles. The number of para-hydroxylation sites is 1. The number of benzene rings is 21. The minimum Gasteiger partial charge on any atom is -0.456 e. The summed E-state index contributed by atoms with van der Waals surface area (Å²) in [6, 6.07) is 108. The van der Waals surface area contributed by atoms with Crippen molar-refractivity contribution in [3.05, 3.63) is 508 Å². The van der Waals surface area contributed by atoms with E-state index >= 15 is 0 Å². The zero-order valence-electron chi connectivity index (χ0n) is 96.9. The van der Waals surface area contributed by atoms with E-state index in [1.807, 2.05) is 12.1 Å². The van der Waals surface area contributed by atoms with Gasteiger partial charge < -0.3 is 19.1 Å². The van der Waals surface area contributed by atoms with E-state index in [1.165, 1.54) is 98.7 Å². The molecule has 22 aromatic rings. The molecule has 1 heterocycles. The van der Waals surface area contributed by atoms with Crippen molar-refractivity contribution in [3.63, 3.8) is 0 Å². The monoisotopic (exact) mass is 1690 g/mol. The van der Waals surface area contributed by atoms with Crippen LogP contribution < -0.4 is 14.7 Å². The van der Waals surface area contributed by atoms with E-state index in [9.17, 15) is 9.60 Å². The third kappa shape index (κ3) is 16.2. The lowest BCUT2D eigenvalue weighted by Gasteiger charge is -2.35. The Kier molecular flexibility index (Phi) is 15.2. The summed E-state index contributed by atoms with van der Waals surface area (Å²) in [6.07, 6.45) is -6.31. The first-order valence-electron chi connectivity index (χ1n) is 56.7. The van der Waals surface area contributed by atoms with Gasteiger partial charge >= 0.3 is 0 Å². The van der Waals surface area contributed by atoms with Crippen LogP contribution in [0.1, 0.15) is 79.6 Å². The highest BCUT2D eigenvalue weighted by Crippen LogP contribution is 2.50. The Bertz CT molecular complexity index is 9170. The summed E-state index contributed by atoms with van der Waals surface area (Å²) >= 11 is 0. The normalized spacial score (nSPS) is 18.6. The van der Waals surface area contributed by atoms with Gasteiger partial charge in [0.2, 0.25) is 0 Å². The average Bonchev–Trinajstić information content (AvgIpc) is 1.07. The topological polar surface area (TPSA) is 22.9 Å². The standard InChI is InChI=1S/C44H29NO.C44H31N.C38H33N/c1-3-11-30(12-4-1)32-19-22-35(23-20-32)45(36-24-26-44-41(29-36)39-17-9-10-18-43(39)46-44)42-28-34-15-7-8-16-37(34)40-27-33(21-25-38(40)42)31-13-5-2-6-14-31;1-4-12-32(13-5-1)34-20-24-38(25-21-34)45(39-26-22-35(23-27-39)33-14-6-2-7-15-33)40-28-29-42-43(36-16-8-3-9-17-36)30-37-18-10-11-19-41(37)44(42)31-40;1-3-9-28(10-4-1)30-17-21-34(22-18-30)39(35-23-19-31(20-24-35)29-11-5-2-6-12-29)36-25-26-38-33(27-36)16-15-32-13-7-8-14-37(32)38/h1-29H;1-31H;1-6,9-12,15-27,32,37H,7-8,13-14H2/i;;1D,2D,3D,4D,5D,6D,7D,8D,9D,10D,11D,12D,13D,14D,15D,16D,17D,18D,19D,20D,21D,22D,23D,24D,25D,26D,27D. The summed E-state index contributed by atoms with van der Waals surface area (Å²) in [6.45, 7) is 0. The maximum atomic E-state index is 9.60. The second-order valence-electron chi connectivity index (χ2n) is 31.6. The molecule has 0 saturated heterocycles. The Balaban J connectivity index is 0.000000135. The lowest BCUT2D eigenvalue weighted by molar-refractivity contribution is 0.360. The van der Waals surface area contributed by atoms with E-state index in [-0.39, 0.29) is 0 Å². The molecular weight excluding hydrogens is 1570 g/mol. The van der Waals surface area contributed by atoms with Gasteiger partial charge in [-0.25, -0.2) is 0 Å². The Hall–Kier alpha value is -16.4. The first kappa shape index (κ1) is 55.2. The van der Waals surface area contributed by atoms with Gasteiger partial charge in [0.1, 0.15) is 11.2 Å². The summed E-state index contributed by atoms with van der Waals surface area (Å²) < 4.78 is 244. The van der Waals surface area contributed by atoms with Gasteiger partial charge in [-0.2, -0.15) is 0 Å². The molecule has 0 radical (unpaired) electrons. The molecule has 2 aliphatic carbocycles. The first-order chi connectivity index (χ1) is 75.7. The van der Waals surface area contributed by atoms with E-state index in [2.05, 4.69) is 362 Å². The molecule has 21 aromatic carbocycles. The molecule has 0 spiro atoms. The van der Waals surface area contributed by atoms with E-state index in [0.29, 0.717) is 4.90 Å². The molecule has 1 fully saturated rings. The van der Waals surface area contributed by atoms with Crippen molar-refractivity contribution in [2.24, 2.45) is 5.92 Å². The number of hydrogen-bond acceptors (Lipinski definition) is 4. The van der Waals surface area contributed by atoms with E-state index in [1.54, 1.807) is 0 Å². The van der Waals surface area contributed by atoms with Crippen LogP contribution in [0.2, 0.25) is 0 Å². The van der Waals surface area contributed by atoms with Gasteiger partial charge in [0, 0.05) is 67.1 Å². The van der Waals surface area contributed by atoms with Crippen molar-refractivity contribution in [1.82, 2.24) is 0 Å². The third-order valence-electron chi connectivity index (χ3n) is 23.7. The van der Waals surface area contributed by atoms with Crippen molar-refractivity contribution >= 4 is 122 Å². The molecule has 2 aliphatic rings. The summed E-state index contributed by atoms with van der Waals surface area (Å²) in [5, 5.41) is 12.1. The van der Waals surface area contributed by atoms with Gasteiger partial charge in [-0.3, -0.25) is 0 Å². The van der Waals surface area contributed by atoms with Crippen LogP contribution >= 0.6 is 0 Å². The van der Waals surface area contributed by atoms with Crippen molar-refractivity contribution in [1.29, 1.82) is 0 Å². The van der Waals surface area contributed by atoms with Gasteiger partial charge in [0.25, 0.3) is 0 Å². The van der Waals surface area contributed by atoms with Crippen molar-refractivity contribution in [3.8, 4) is 77.9 Å². The fraction of sp³-hybridized carbons (Fsp3) is 0.0476. The van der Waals surface area contributed by atoms with E-state index in [4.69, 9.17) is 31.8 Å². The smallest absolute Gasteiger partial charge is 0.135 e. The van der Waals surface area contributed by atoms with Gasteiger partial charge in [0.05, 0.1) is 37.2 Å². The summed E-state index contributed by atoms with van der Waals surface area (Å²) in [4.78, 5) is 5.16. The molecule has 0 aliphatic heterocycles. The summed E-state index contributed by atoms with van der Waals surface area (Å²) in [5.41, 5.74) is 13.2. The lowest BCUT2D eigenvalue weighted by Crippen LogP contribution is -2.19. The fourth-order valence-corrected chi connectivity index (χ4v) is 17.4. The van der Waals surface area contributed by atoms with Crippen LogP contribution in [-0.4, -0.2) is 0 Å². The average molecular weight is 1690 g/mol. The highest BCUT2D eigenvalue weighted by atomic mass is 16.3. The predicted octanol–water partition coefficient (Wildman–Crippen LogP) is 36.0. The van der Waals surface area contributed by atoms with Gasteiger partial charge in [-0.15, -0.1) is 0 Å². The molecule has 0 bridgehead atoms. The van der Waals surface area contributed by atoms with E-state index < -0.39 is 227 Å². The molecule has 4 heteroatoms. The van der Waals surface area contributed by atoms with Crippen LogP contribution in [0.25, 0.3) is 149 Å². The van der Waals surface area contributed by atoms with Crippen LogP contribution in [0.3, 0.4) is 0 Å². The Labute approximate surface area is 798 Å². The zero-order chi connectivity index (χ0) is 110. The van der Waals surface area contributed by atoms with Crippen LogP contribution in [-0.2, 0) is 0 Å². The number of furan rings is 1. The molecule has 130 heavy (non-hydrogen) atoms. The third-order valence-corrected chi connectivity index (χ3v) is 23.7. The van der Waals surface area contributed by atoms with Gasteiger partial charge in [-0.05, 0) is 279 Å². The highest BCUT2D eigenvalue weighted by molar-refractivity contribution is 6.17. The molecule has 1 saturated carbocycles. The minimum atomic E-state index is -1.63. The van der Waals surface area contributed by atoms with Crippen molar-refractivity contribution in [2.75, 3.05) is 14.7 Å². The zero-order valence-corrected chi connectivity index (χ0v) is 69.9. The summed E-state index contributed by atoms with van der Waals surface area (Å²) in [7, 11) is 0. The Morgan fingerprint density at radius 2 is 0.638 bits per heavy atom. The lowest BCUT2D eigenvalue weighted by atomic mass is 9.71. The number of nitrogens with zero attached hydrogens (tertiary/aromatic N) is 3. The first-order valence-corrected chi connectivity index (χ1v) is 42.9. The predicted molar refractivity (Wildman–Crippen MR) is 552 cm³/mol. The maximum absolute atomic E-state index is 9.60. The largest absolute Gasteiger partial charge is 0.456 e. The second-order valence-corrected chi connectivity index (χ2v) is 31.6. The number of hydrogen-bond donors (Lipinski definition) is 0. The number of rotatable bonds is 16. The van der Waals surface area contributed by atoms with Crippen LogP contribution in [0.5, 0.6) is 0 Å². The maximum Gasteiger partial charge on any atom is 0.135 e. The number of anilines is 9. The number of allylic oxidation sites excluding steroid dienone is 1. The highest BCUT2D eigenvalue weighted by Gasteiger charge is 2.30.